The van der Waals surface area contributed by atoms with Gasteiger partial charge in [0.25, 0.3) is 0 Å². The van der Waals surface area contributed by atoms with Crippen LogP contribution in [0.1, 0.15) is 57.7 Å². The second-order valence-electron chi connectivity index (χ2n) is 7.69. The molecule has 0 unspecified atom stereocenters. The van der Waals surface area contributed by atoms with Gasteiger partial charge in [-0.1, -0.05) is 36.8 Å². The van der Waals surface area contributed by atoms with Crippen LogP contribution in [0, 0.1) is 6.92 Å². The number of nitrogens with zero attached hydrogens (tertiary/aromatic N) is 1. The van der Waals surface area contributed by atoms with Gasteiger partial charge in [0.05, 0.1) is 5.56 Å². The summed E-state index contributed by atoms with van der Waals surface area (Å²) in [5.74, 6) is -0.166. The van der Waals surface area contributed by atoms with Crippen molar-refractivity contribution in [1.29, 1.82) is 0 Å². The van der Waals surface area contributed by atoms with Crippen molar-refractivity contribution >= 4 is 22.5 Å². The van der Waals surface area contributed by atoms with Crippen LogP contribution in [0.5, 0.6) is 5.75 Å². The Hall–Kier alpha value is -2.92. The Morgan fingerprint density at radius 2 is 1.79 bits per heavy atom. The molecule has 3 aromatic rings. The molecule has 0 aliphatic carbocycles. The molecule has 1 aromatic heterocycles. The molecule has 4 rings (SSSR count). The first-order valence-corrected chi connectivity index (χ1v) is 10.2. The minimum Gasteiger partial charge on any atom is -0.507 e. The Balaban J connectivity index is 1.60. The number of piperidine rings is 1. The van der Waals surface area contributed by atoms with Crippen LogP contribution in [0.3, 0.4) is 0 Å². The van der Waals surface area contributed by atoms with Gasteiger partial charge in [-0.3, -0.25) is 9.59 Å². The molecule has 150 valence electrons. The molecule has 1 aliphatic heterocycles. The number of phenols is 1. The minimum absolute atomic E-state index is 0.0912. The van der Waals surface area contributed by atoms with Crippen molar-refractivity contribution in [3.05, 3.63) is 64.9 Å². The first kappa shape index (κ1) is 19.4. The zero-order valence-corrected chi connectivity index (χ0v) is 16.6. The topological polar surface area (TPSA) is 70.7 Å². The summed E-state index contributed by atoms with van der Waals surface area (Å²) in [7, 11) is 0. The van der Waals surface area contributed by atoms with Gasteiger partial charge in [0.15, 0.2) is 11.5 Å². The number of aryl methyl sites for hydroxylation is 1. The number of aromatic hydroxyl groups is 1. The van der Waals surface area contributed by atoms with E-state index in [4.69, 9.17) is 4.42 Å². The average molecular weight is 391 g/mol. The number of carbonyl (C=O) groups is 2. The number of hydrogen-bond donors (Lipinski definition) is 1. The van der Waals surface area contributed by atoms with Crippen molar-refractivity contribution in [2.45, 2.75) is 32.6 Å². The Bertz CT molecular complexity index is 1050. The van der Waals surface area contributed by atoms with Crippen LogP contribution in [0.15, 0.2) is 46.9 Å². The summed E-state index contributed by atoms with van der Waals surface area (Å²) in [5, 5.41) is 11.1. The lowest BCUT2D eigenvalue weighted by Crippen LogP contribution is -2.31. The Kier molecular flexibility index (Phi) is 5.49. The van der Waals surface area contributed by atoms with Crippen molar-refractivity contribution in [3.63, 3.8) is 0 Å². The highest BCUT2D eigenvalue weighted by Gasteiger charge is 2.22. The molecule has 2 heterocycles. The van der Waals surface area contributed by atoms with Crippen LogP contribution in [0.2, 0.25) is 0 Å². The van der Waals surface area contributed by atoms with E-state index in [0.29, 0.717) is 35.1 Å². The van der Waals surface area contributed by atoms with Crippen molar-refractivity contribution in [2.75, 3.05) is 19.6 Å². The number of rotatable bonds is 6. The number of furan rings is 1. The number of hydrogen-bond acceptors (Lipinski definition) is 5. The molecule has 5 heteroatoms. The van der Waals surface area contributed by atoms with E-state index in [1.165, 1.54) is 25.3 Å². The van der Waals surface area contributed by atoms with Crippen LogP contribution in [-0.2, 0) is 0 Å². The molecule has 0 radical (unpaired) electrons. The fourth-order valence-electron chi connectivity index (χ4n) is 3.99. The van der Waals surface area contributed by atoms with E-state index in [9.17, 15) is 14.7 Å². The SMILES string of the molecule is Cc1c(C(=O)c2ccccc2)oc2cc(O)c(C(=O)CCN3CCCCC3)cc12. The molecule has 1 fully saturated rings. The first-order valence-electron chi connectivity index (χ1n) is 10.2. The fraction of sp³-hybridized carbons (Fsp3) is 0.333. The second kappa shape index (κ2) is 8.21. The highest BCUT2D eigenvalue weighted by molar-refractivity contribution is 6.11. The lowest BCUT2D eigenvalue weighted by Gasteiger charge is -2.25. The van der Waals surface area contributed by atoms with Gasteiger partial charge in [-0.25, -0.2) is 0 Å². The maximum atomic E-state index is 12.8. The van der Waals surface area contributed by atoms with E-state index in [-0.39, 0.29) is 28.6 Å². The van der Waals surface area contributed by atoms with Crippen molar-refractivity contribution < 1.29 is 19.1 Å². The molecule has 0 saturated carbocycles. The molecular weight excluding hydrogens is 366 g/mol. The summed E-state index contributed by atoms with van der Waals surface area (Å²) in [5.41, 5.74) is 1.92. The third kappa shape index (κ3) is 3.96. The standard InChI is InChI=1S/C24H25NO4/c1-16-18-14-19(20(26)10-13-25-11-6-3-7-12-25)21(27)15-22(18)29-24(16)23(28)17-8-4-2-5-9-17/h2,4-5,8-9,14-15,27H,3,6-7,10-13H2,1H3. The molecule has 5 nitrogen and oxygen atoms in total. The van der Waals surface area contributed by atoms with Gasteiger partial charge in [-0.15, -0.1) is 0 Å². The van der Waals surface area contributed by atoms with Crippen molar-refractivity contribution in [3.8, 4) is 5.75 Å². The molecule has 1 aliphatic rings. The summed E-state index contributed by atoms with van der Waals surface area (Å²) in [6.45, 7) is 4.58. The second-order valence-corrected chi connectivity index (χ2v) is 7.69. The van der Waals surface area contributed by atoms with Crippen LogP contribution in [-0.4, -0.2) is 41.2 Å². The highest BCUT2D eigenvalue weighted by atomic mass is 16.3. The quantitative estimate of drug-likeness (QED) is 0.615. The average Bonchev–Trinajstić information content (AvgIpc) is 3.07. The van der Waals surface area contributed by atoms with Crippen LogP contribution in [0.25, 0.3) is 11.0 Å². The van der Waals surface area contributed by atoms with E-state index in [1.54, 1.807) is 37.3 Å². The number of carbonyl (C=O) groups excluding carboxylic acids is 2. The third-order valence-electron chi connectivity index (χ3n) is 5.70. The molecule has 1 saturated heterocycles. The van der Waals surface area contributed by atoms with E-state index < -0.39 is 0 Å². The van der Waals surface area contributed by atoms with Crippen LogP contribution >= 0.6 is 0 Å². The number of benzene rings is 2. The van der Waals surface area contributed by atoms with Gasteiger partial charge in [-0.05, 0) is 38.9 Å². The van der Waals surface area contributed by atoms with Gasteiger partial charge in [0.2, 0.25) is 5.78 Å². The zero-order chi connectivity index (χ0) is 20.4. The monoisotopic (exact) mass is 391 g/mol. The number of Topliss-reactive ketones (excluding diaryl/α,β-unsaturated/α-hetero) is 1. The Morgan fingerprint density at radius 1 is 1.07 bits per heavy atom. The fourth-order valence-corrected chi connectivity index (χ4v) is 3.99. The largest absolute Gasteiger partial charge is 0.507 e. The van der Waals surface area contributed by atoms with Gasteiger partial charge >= 0.3 is 0 Å². The van der Waals surface area contributed by atoms with E-state index in [1.807, 2.05) is 6.07 Å². The zero-order valence-electron chi connectivity index (χ0n) is 16.6. The summed E-state index contributed by atoms with van der Waals surface area (Å²) in [4.78, 5) is 27.8. The lowest BCUT2D eigenvalue weighted by atomic mass is 10.0. The number of ketones is 2. The number of phenolic OH excluding ortho intramolecular Hbond substituents is 1. The normalized spacial score (nSPS) is 14.9. The summed E-state index contributed by atoms with van der Waals surface area (Å²) in [6, 6.07) is 12.0. The molecular formula is C24H25NO4. The molecule has 1 N–H and O–H groups in total. The third-order valence-corrected chi connectivity index (χ3v) is 5.70. The number of fused-ring (bicyclic) bond motifs is 1. The maximum absolute atomic E-state index is 12.8. The van der Waals surface area contributed by atoms with E-state index in [0.717, 1.165) is 13.1 Å². The molecule has 29 heavy (non-hydrogen) atoms. The van der Waals surface area contributed by atoms with Gasteiger partial charge in [-0.2, -0.15) is 0 Å². The molecule has 0 atom stereocenters. The predicted molar refractivity (Wildman–Crippen MR) is 112 cm³/mol. The van der Waals surface area contributed by atoms with Crippen LogP contribution in [0.4, 0.5) is 0 Å². The van der Waals surface area contributed by atoms with Gasteiger partial charge in [0, 0.05) is 35.5 Å². The summed E-state index contributed by atoms with van der Waals surface area (Å²) < 4.78 is 5.76. The lowest BCUT2D eigenvalue weighted by molar-refractivity contribution is 0.0955. The Morgan fingerprint density at radius 3 is 2.52 bits per heavy atom. The minimum atomic E-state index is -0.211. The van der Waals surface area contributed by atoms with E-state index in [2.05, 4.69) is 4.90 Å². The smallest absolute Gasteiger partial charge is 0.228 e. The highest BCUT2D eigenvalue weighted by Crippen LogP contribution is 2.33. The molecule has 0 amide bonds. The summed E-state index contributed by atoms with van der Waals surface area (Å²) >= 11 is 0. The molecule has 0 bridgehead atoms. The maximum Gasteiger partial charge on any atom is 0.228 e. The molecule has 2 aromatic carbocycles. The van der Waals surface area contributed by atoms with Crippen LogP contribution < -0.4 is 0 Å². The van der Waals surface area contributed by atoms with Crippen molar-refractivity contribution in [2.24, 2.45) is 0 Å². The van der Waals surface area contributed by atoms with E-state index >= 15 is 0 Å². The summed E-state index contributed by atoms with van der Waals surface area (Å²) in [6.07, 6.45) is 3.98. The molecule has 0 spiro atoms. The van der Waals surface area contributed by atoms with Crippen molar-refractivity contribution in [1.82, 2.24) is 4.90 Å². The first-order chi connectivity index (χ1) is 14.0. The predicted octanol–water partition coefficient (Wildman–Crippen LogP) is 4.74. The van der Waals surface area contributed by atoms with Gasteiger partial charge < -0.3 is 14.4 Å². The number of likely N-dealkylation sites (tertiary alicyclic amines) is 1. The van der Waals surface area contributed by atoms with Gasteiger partial charge in [0.1, 0.15) is 11.3 Å². The Labute approximate surface area is 169 Å².